The summed E-state index contributed by atoms with van der Waals surface area (Å²) in [7, 11) is 0.178. The van der Waals surface area contributed by atoms with E-state index < -0.39 is 16.0 Å². The second-order valence-corrected chi connectivity index (χ2v) is 4.94. The maximum Gasteiger partial charge on any atom is 0.145 e. The van der Waals surface area contributed by atoms with Gasteiger partial charge in [-0.2, -0.15) is 0 Å². The molecule has 0 spiro atoms. The summed E-state index contributed by atoms with van der Waals surface area (Å²) in [4.78, 5) is 11.7. The minimum atomic E-state index is -1.34. The lowest BCUT2D eigenvalue weighted by Gasteiger charge is -2.11. The molecule has 0 aliphatic carbocycles. The average Bonchev–Trinajstić information content (AvgIpc) is 2.26. The standard InChI is InChI=1S/C11H14O3S/c1-8(12)9(2)15(13)11-7-5-4-6-10(11)14-3/h4-7,9H,1-3H3. The Hall–Kier alpha value is -1.16. The van der Waals surface area contributed by atoms with E-state index in [4.69, 9.17) is 4.74 Å². The van der Waals surface area contributed by atoms with Crippen LogP contribution in [0.3, 0.4) is 0 Å². The van der Waals surface area contributed by atoms with Gasteiger partial charge in [0.05, 0.1) is 28.1 Å². The smallest absolute Gasteiger partial charge is 0.145 e. The van der Waals surface area contributed by atoms with Gasteiger partial charge in [-0.25, -0.2) is 0 Å². The molecule has 0 amide bonds. The number of methoxy groups -OCH3 is 1. The van der Waals surface area contributed by atoms with Gasteiger partial charge >= 0.3 is 0 Å². The first kappa shape index (κ1) is 11.9. The fourth-order valence-electron chi connectivity index (χ4n) is 1.13. The highest BCUT2D eigenvalue weighted by atomic mass is 32.2. The minimum absolute atomic E-state index is 0.0840. The zero-order valence-electron chi connectivity index (χ0n) is 9.02. The van der Waals surface area contributed by atoms with E-state index in [2.05, 4.69) is 0 Å². The molecule has 3 nitrogen and oxygen atoms in total. The zero-order chi connectivity index (χ0) is 11.4. The van der Waals surface area contributed by atoms with Crippen LogP contribution in [-0.2, 0) is 15.6 Å². The normalized spacial score (nSPS) is 14.3. The molecule has 15 heavy (non-hydrogen) atoms. The SMILES string of the molecule is COc1ccccc1S(=O)C(C)C(C)=O. The number of carbonyl (C=O) groups excluding carboxylic acids is 1. The maximum absolute atomic E-state index is 12.0. The summed E-state index contributed by atoms with van der Waals surface area (Å²) in [6, 6.07) is 7.04. The highest BCUT2D eigenvalue weighted by Gasteiger charge is 2.20. The Kier molecular flexibility index (Phi) is 4.03. The molecule has 0 heterocycles. The monoisotopic (exact) mass is 226 g/mol. The molecular weight excluding hydrogens is 212 g/mol. The summed E-state index contributed by atoms with van der Waals surface area (Å²) < 4.78 is 17.1. The largest absolute Gasteiger partial charge is 0.495 e. The fourth-order valence-corrected chi connectivity index (χ4v) is 2.37. The van der Waals surface area contributed by atoms with Crippen molar-refractivity contribution < 1.29 is 13.7 Å². The molecule has 1 aromatic carbocycles. The second-order valence-electron chi connectivity index (χ2n) is 3.20. The van der Waals surface area contributed by atoms with Crippen molar-refractivity contribution in [3.63, 3.8) is 0 Å². The van der Waals surface area contributed by atoms with Gasteiger partial charge in [0, 0.05) is 0 Å². The van der Waals surface area contributed by atoms with Gasteiger partial charge in [-0.15, -0.1) is 0 Å². The summed E-state index contributed by atoms with van der Waals surface area (Å²) in [5.41, 5.74) is 0. The first-order valence-electron chi connectivity index (χ1n) is 4.62. The molecule has 0 fully saturated rings. The molecule has 0 N–H and O–H groups in total. The van der Waals surface area contributed by atoms with Crippen molar-refractivity contribution in [2.24, 2.45) is 0 Å². The van der Waals surface area contributed by atoms with Crippen molar-refractivity contribution in [1.29, 1.82) is 0 Å². The van der Waals surface area contributed by atoms with E-state index >= 15 is 0 Å². The van der Waals surface area contributed by atoms with Gasteiger partial charge in [-0.05, 0) is 26.0 Å². The van der Waals surface area contributed by atoms with Crippen molar-refractivity contribution in [3.8, 4) is 5.75 Å². The predicted molar refractivity (Wildman–Crippen MR) is 59.5 cm³/mol. The van der Waals surface area contributed by atoms with Gasteiger partial charge in [-0.1, -0.05) is 12.1 Å². The van der Waals surface area contributed by atoms with E-state index in [0.717, 1.165) is 0 Å². The highest BCUT2D eigenvalue weighted by Crippen LogP contribution is 2.23. The van der Waals surface area contributed by atoms with E-state index in [-0.39, 0.29) is 5.78 Å². The maximum atomic E-state index is 12.0. The molecule has 4 heteroatoms. The molecule has 2 unspecified atom stereocenters. The average molecular weight is 226 g/mol. The lowest BCUT2D eigenvalue weighted by atomic mass is 10.3. The van der Waals surface area contributed by atoms with Crippen LogP contribution in [0.4, 0.5) is 0 Å². The molecule has 0 aliphatic heterocycles. The minimum Gasteiger partial charge on any atom is -0.495 e. The number of carbonyl (C=O) groups is 1. The summed E-state index contributed by atoms with van der Waals surface area (Å²) >= 11 is 0. The Morgan fingerprint density at radius 3 is 2.53 bits per heavy atom. The Balaban J connectivity index is 3.05. The number of ketones is 1. The fraction of sp³-hybridized carbons (Fsp3) is 0.364. The second kappa shape index (κ2) is 5.07. The van der Waals surface area contributed by atoms with Crippen molar-refractivity contribution in [2.75, 3.05) is 7.11 Å². The molecule has 1 aromatic rings. The Labute approximate surface area is 91.9 Å². The lowest BCUT2D eigenvalue weighted by molar-refractivity contribution is -0.116. The van der Waals surface area contributed by atoms with Crippen LogP contribution >= 0.6 is 0 Å². The van der Waals surface area contributed by atoms with E-state index in [9.17, 15) is 9.00 Å². The number of benzene rings is 1. The van der Waals surface area contributed by atoms with E-state index in [1.165, 1.54) is 14.0 Å². The van der Waals surface area contributed by atoms with E-state index in [0.29, 0.717) is 10.6 Å². The molecule has 1 rings (SSSR count). The molecule has 0 bridgehead atoms. The number of hydrogen-bond donors (Lipinski definition) is 0. The third-order valence-electron chi connectivity index (χ3n) is 2.18. The molecule has 2 atom stereocenters. The van der Waals surface area contributed by atoms with Crippen molar-refractivity contribution in [3.05, 3.63) is 24.3 Å². The van der Waals surface area contributed by atoms with E-state index in [1.54, 1.807) is 31.2 Å². The number of ether oxygens (including phenoxy) is 1. The van der Waals surface area contributed by atoms with Gasteiger partial charge < -0.3 is 4.74 Å². The van der Waals surface area contributed by atoms with Crippen LogP contribution in [0.15, 0.2) is 29.2 Å². The zero-order valence-corrected chi connectivity index (χ0v) is 9.84. The molecule has 0 aromatic heterocycles. The summed E-state index contributed by atoms with van der Waals surface area (Å²) in [6.07, 6.45) is 0. The first-order valence-corrected chi connectivity index (χ1v) is 5.83. The number of hydrogen-bond acceptors (Lipinski definition) is 3. The lowest BCUT2D eigenvalue weighted by Crippen LogP contribution is -2.20. The third-order valence-corrected chi connectivity index (χ3v) is 3.92. The Bertz CT molecular complexity index is 387. The summed E-state index contributed by atoms with van der Waals surface area (Å²) in [6.45, 7) is 3.10. The van der Waals surface area contributed by atoms with Crippen molar-refractivity contribution >= 4 is 16.6 Å². The van der Waals surface area contributed by atoms with Crippen LogP contribution < -0.4 is 4.74 Å². The summed E-state index contributed by atoms with van der Waals surface area (Å²) in [5.74, 6) is 0.475. The number of rotatable bonds is 4. The van der Waals surface area contributed by atoms with Crippen molar-refractivity contribution in [1.82, 2.24) is 0 Å². The van der Waals surface area contributed by atoms with Crippen LogP contribution in [0.1, 0.15) is 13.8 Å². The van der Waals surface area contributed by atoms with Gasteiger partial charge in [-0.3, -0.25) is 9.00 Å². The Morgan fingerprint density at radius 1 is 1.40 bits per heavy atom. The van der Waals surface area contributed by atoms with Gasteiger partial charge in [0.2, 0.25) is 0 Å². The van der Waals surface area contributed by atoms with Gasteiger partial charge in [0.15, 0.2) is 0 Å². The summed E-state index contributed by atoms with van der Waals surface area (Å²) in [5, 5.41) is -0.499. The topological polar surface area (TPSA) is 43.4 Å². The van der Waals surface area contributed by atoms with Crippen LogP contribution in [0.2, 0.25) is 0 Å². The molecular formula is C11H14O3S. The molecule has 0 saturated carbocycles. The van der Waals surface area contributed by atoms with Gasteiger partial charge in [0.25, 0.3) is 0 Å². The van der Waals surface area contributed by atoms with Gasteiger partial charge in [0.1, 0.15) is 11.5 Å². The van der Waals surface area contributed by atoms with Crippen molar-refractivity contribution in [2.45, 2.75) is 24.0 Å². The first-order chi connectivity index (χ1) is 7.07. The molecule has 0 radical (unpaired) electrons. The molecule has 0 aliphatic rings. The number of para-hydroxylation sites is 1. The Morgan fingerprint density at radius 2 is 2.00 bits per heavy atom. The van der Waals surface area contributed by atoms with Crippen LogP contribution in [-0.4, -0.2) is 22.4 Å². The van der Waals surface area contributed by atoms with Crippen LogP contribution in [0, 0.1) is 0 Å². The predicted octanol–water partition coefficient (Wildman–Crippen LogP) is 1.78. The number of Topliss-reactive ketones (excluding diaryl/α,β-unsaturated/α-hetero) is 1. The van der Waals surface area contributed by atoms with E-state index in [1.807, 2.05) is 0 Å². The molecule has 82 valence electrons. The third kappa shape index (κ3) is 2.65. The van der Waals surface area contributed by atoms with Crippen LogP contribution in [0.5, 0.6) is 5.75 Å². The quantitative estimate of drug-likeness (QED) is 0.786. The highest BCUT2D eigenvalue weighted by molar-refractivity contribution is 7.86. The van der Waals surface area contributed by atoms with Crippen LogP contribution in [0.25, 0.3) is 0 Å². The molecule has 0 saturated heterocycles.